The van der Waals surface area contributed by atoms with Crippen molar-refractivity contribution in [3.63, 3.8) is 0 Å². The molecule has 0 unspecified atom stereocenters. The van der Waals surface area contributed by atoms with Crippen LogP contribution >= 0.6 is 0 Å². The van der Waals surface area contributed by atoms with Crippen molar-refractivity contribution >= 4 is 11.8 Å². The fourth-order valence-corrected chi connectivity index (χ4v) is 2.25. The summed E-state index contributed by atoms with van der Waals surface area (Å²) in [6, 6.07) is 15.7. The van der Waals surface area contributed by atoms with E-state index >= 15 is 0 Å². The number of benzene rings is 2. The van der Waals surface area contributed by atoms with E-state index in [-0.39, 0.29) is 11.8 Å². The van der Waals surface area contributed by atoms with Crippen molar-refractivity contribution in [2.24, 2.45) is 0 Å². The zero-order valence-corrected chi connectivity index (χ0v) is 16.2. The van der Waals surface area contributed by atoms with Crippen molar-refractivity contribution < 1.29 is 14.3 Å². The van der Waals surface area contributed by atoms with Crippen molar-refractivity contribution in [3.8, 4) is 5.75 Å². The van der Waals surface area contributed by atoms with Gasteiger partial charge >= 0.3 is 0 Å². The molecule has 1 aliphatic heterocycles. The van der Waals surface area contributed by atoms with Gasteiger partial charge in [-0.15, -0.1) is 0 Å². The molecular weight excluding hydrogens is 326 g/mol. The Bertz CT molecular complexity index is 730. The van der Waals surface area contributed by atoms with Gasteiger partial charge in [0.1, 0.15) is 5.75 Å². The Kier molecular flexibility index (Phi) is 8.85. The highest BCUT2D eigenvalue weighted by Crippen LogP contribution is 2.12. The van der Waals surface area contributed by atoms with Gasteiger partial charge < -0.3 is 4.74 Å². The number of nitrogens with zero attached hydrogens (tertiary/aromatic N) is 1. The molecular formula is C22H27NO3. The predicted octanol–water partition coefficient (Wildman–Crippen LogP) is 4.45. The molecule has 0 saturated carbocycles. The zero-order chi connectivity index (χ0) is 19.5. The minimum absolute atomic E-state index is 0.235. The highest BCUT2D eigenvalue weighted by atomic mass is 16.5. The second-order valence-corrected chi connectivity index (χ2v) is 5.60. The van der Waals surface area contributed by atoms with E-state index < -0.39 is 0 Å². The first-order valence-electron chi connectivity index (χ1n) is 8.69. The Labute approximate surface area is 156 Å². The van der Waals surface area contributed by atoms with Crippen molar-refractivity contribution in [1.82, 2.24) is 4.90 Å². The van der Waals surface area contributed by atoms with E-state index in [1.165, 1.54) is 22.6 Å². The third kappa shape index (κ3) is 6.55. The molecule has 3 rings (SSSR count). The normalized spacial score (nSPS) is 12.1. The van der Waals surface area contributed by atoms with Gasteiger partial charge in [-0.05, 0) is 31.5 Å². The molecule has 0 aliphatic carbocycles. The van der Waals surface area contributed by atoms with Crippen molar-refractivity contribution in [2.75, 3.05) is 7.11 Å². The molecule has 0 spiro atoms. The maximum Gasteiger partial charge on any atom is 0.253 e. The van der Waals surface area contributed by atoms with E-state index in [4.69, 9.17) is 4.74 Å². The molecule has 0 aromatic heterocycles. The van der Waals surface area contributed by atoms with Gasteiger partial charge in [0.25, 0.3) is 11.8 Å². The lowest BCUT2D eigenvalue weighted by Crippen LogP contribution is -2.29. The lowest BCUT2D eigenvalue weighted by Gasteiger charge is -2.13. The molecule has 1 aliphatic rings. The summed E-state index contributed by atoms with van der Waals surface area (Å²) in [5.74, 6) is 0.448. The molecule has 26 heavy (non-hydrogen) atoms. The van der Waals surface area contributed by atoms with Gasteiger partial charge in [-0.1, -0.05) is 61.4 Å². The van der Waals surface area contributed by atoms with Crippen LogP contribution in [0, 0.1) is 13.8 Å². The first kappa shape index (κ1) is 21.2. The molecule has 2 aromatic carbocycles. The molecule has 0 saturated heterocycles. The van der Waals surface area contributed by atoms with E-state index in [0.29, 0.717) is 6.54 Å². The SMILES string of the molecule is CC.COc1ccc(C)cc1.Cc1cccc(CN2C(=O)C=CC2=O)c1. The van der Waals surface area contributed by atoms with Gasteiger partial charge in [0.2, 0.25) is 0 Å². The van der Waals surface area contributed by atoms with Crippen LogP contribution in [0.1, 0.15) is 30.5 Å². The summed E-state index contributed by atoms with van der Waals surface area (Å²) < 4.78 is 4.97. The van der Waals surface area contributed by atoms with Crippen LogP contribution in [-0.2, 0) is 16.1 Å². The van der Waals surface area contributed by atoms with E-state index in [1.54, 1.807) is 7.11 Å². The summed E-state index contributed by atoms with van der Waals surface area (Å²) in [7, 11) is 1.67. The third-order valence-electron chi connectivity index (χ3n) is 3.58. The molecule has 0 fully saturated rings. The van der Waals surface area contributed by atoms with E-state index in [9.17, 15) is 9.59 Å². The van der Waals surface area contributed by atoms with E-state index in [1.807, 2.05) is 69.3 Å². The fraction of sp³-hybridized carbons (Fsp3) is 0.273. The van der Waals surface area contributed by atoms with E-state index in [0.717, 1.165) is 16.9 Å². The third-order valence-corrected chi connectivity index (χ3v) is 3.58. The number of carbonyl (C=O) groups excluding carboxylic acids is 2. The molecule has 4 heteroatoms. The van der Waals surface area contributed by atoms with Crippen LogP contribution in [0.15, 0.2) is 60.7 Å². The Morgan fingerprint density at radius 2 is 1.42 bits per heavy atom. The average molecular weight is 353 g/mol. The highest BCUT2D eigenvalue weighted by molar-refractivity contribution is 6.12. The van der Waals surface area contributed by atoms with Crippen molar-refractivity contribution in [1.29, 1.82) is 0 Å². The maximum atomic E-state index is 11.3. The summed E-state index contributed by atoms with van der Waals surface area (Å²) in [5, 5.41) is 0. The topological polar surface area (TPSA) is 46.6 Å². The van der Waals surface area contributed by atoms with Crippen molar-refractivity contribution in [2.45, 2.75) is 34.2 Å². The minimum atomic E-state index is -0.235. The van der Waals surface area contributed by atoms with Crippen LogP contribution in [0.25, 0.3) is 0 Å². The number of ether oxygens (including phenoxy) is 1. The van der Waals surface area contributed by atoms with Gasteiger partial charge in [-0.25, -0.2) is 0 Å². The van der Waals surface area contributed by atoms with Gasteiger partial charge in [0.05, 0.1) is 13.7 Å². The highest BCUT2D eigenvalue weighted by Gasteiger charge is 2.22. The predicted molar refractivity (Wildman–Crippen MR) is 105 cm³/mol. The fourth-order valence-electron chi connectivity index (χ4n) is 2.25. The number of amides is 2. The summed E-state index contributed by atoms with van der Waals surface area (Å²) in [6.07, 6.45) is 2.61. The molecule has 0 atom stereocenters. The first-order chi connectivity index (χ1) is 12.5. The molecule has 2 aromatic rings. The number of aryl methyl sites for hydroxylation is 2. The first-order valence-corrected chi connectivity index (χ1v) is 8.69. The summed E-state index contributed by atoms with van der Waals surface area (Å²) in [6.45, 7) is 8.39. The average Bonchev–Trinajstić information content (AvgIpc) is 2.97. The Balaban J connectivity index is 0.000000263. The Morgan fingerprint density at radius 1 is 0.846 bits per heavy atom. The second kappa shape index (κ2) is 10.9. The number of imide groups is 1. The summed E-state index contributed by atoms with van der Waals surface area (Å²) in [5.41, 5.74) is 3.36. The van der Waals surface area contributed by atoms with Crippen LogP contribution in [0.2, 0.25) is 0 Å². The van der Waals surface area contributed by atoms with Crippen LogP contribution in [0.5, 0.6) is 5.75 Å². The molecule has 2 amide bonds. The summed E-state index contributed by atoms with van der Waals surface area (Å²) >= 11 is 0. The summed E-state index contributed by atoms with van der Waals surface area (Å²) in [4.78, 5) is 23.8. The van der Waals surface area contributed by atoms with Gasteiger partial charge in [-0.3, -0.25) is 14.5 Å². The smallest absolute Gasteiger partial charge is 0.253 e. The van der Waals surface area contributed by atoms with Gasteiger partial charge in [-0.2, -0.15) is 0 Å². The van der Waals surface area contributed by atoms with Crippen LogP contribution in [0.4, 0.5) is 0 Å². The lowest BCUT2D eigenvalue weighted by molar-refractivity contribution is -0.137. The van der Waals surface area contributed by atoms with Crippen LogP contribution < -0.4 is 4.74 Å². The second-order valence-electron chi connectivity index (χ2n) is 5.60. The number of hydrogen-bond donors (Lipinski definition) is 0. The molecule has 0 radical (unpaired) electrons. The number of rotatable bonds is 3. The molecule has 1 heterocycles. The van der Waals surface area contributed by atoms with E-state index in [2.05, 4.69) is 6.92 Å². The van der Waals surface area contributed by atoms with Crippen LogP contribution in [0.3, 0.4) is 0 Å². The van der Waals surface area contributed by atoms with Crippen molar-refractivity contribution in [3.05, 3.63) is 77.4 Å². The molecule has 0 bridgehead atoms. The zero-order valence-electron chi connectivity index (χ0n) is 16.2. The molecule has 138 valence electrons. The van der Waals surface area contributed by atoms with Gasteiger partial charge in [0.15, 0.2) is 0 Å². The largest absolute Gasteiger partial charge is 0.497 e. The molecule has 4 nitrogen and oxygen atoms in total. The number of carbonyl (C=O) groups is 2. The lowest BCUT2D eigenvalue weighted by atomic mass is 10.1. The van der Waals surface area contributed by atoms with Crippen LogP contribution in [-0.4, -0.2) is 23.8 Å². The number of methoxy groups -OCH3 is 1. The monoisotopic (exact) mass is 353 g/mol. The van der Waals surface area contributed by atoms with Gasteiger partial charge in [0, 0.05) is 12.2 Å². The maximum absolute atomic E-state index is 11.3. The standard InChI is InChI=1S/C12H11NO2.C8H10O.C2H6/c1-9-3-2-4-10(7-9)8-13-11(14)5-6-12(13)15;1-7-3-5-8(9-2)6-4-7;1-2/h2-7H,8H2,1H3;3-6H,1-2H3;1-2H3. The minimum Gasteiger partial charge on any atom is -0.497 e. The quantitative estimate of drug-likeness (QED) is 0.766. The number of hydrogen-bond acceptors (Lipinski definition) is 3. The molecule has 0 N–H and O–H groups in total. The Morgan fingerprint density at radius 3 is 1.92 bits per heavy atom. The Hall–Kier alpha value is -2.88.